The van der Waals surface area contributed by atoms with Crippen LogP contribution in [-0.4, -0.2) is 44.9 Å². The van der Waals surface area contributed by atoms with E-state index in [4.69, 9.17) is 9.47 Å². The first kappa shape index (κ1) is 13.9. The van der Waals surface area contributed by atoms with Crippen molar-refractivity contribution in [1.29, 1.82) is 0 Å². The molecule has 0 spiro atoms. The number of hydrogen-bond donors (Lipinski definition) is 1. The van der Waals surface area contributed by atoms with Gasteiger partial charge in [0.25, 0.3) is 0 Å². The van der Waals surface area contributed by atoms with E-state index in [1.165, 1.54) is 11.1 Å². The van der Waals surface area contributed by atoms with Crippen molar-refractivity contribution in [3.05, 3.63) is 29.3 Å². The topological polar surface area (TPSA) is 33.7 Å². The highest BCUT2D eigenvalue weighted by molar-refractivity contribution is 5.42. The van der Waals surface area contributed by atoms with E-state index in [0.29, 0.717) is 6.61 Å². The monoisotopic (exact) mass is 276 g/mol. The molecular weight excluding hydrogens is 252 g/mol. The van der Waals surface area contributed by atoms with Crippen LogP contribution in [0.1, 0.15) is 24.5 Å². The standard InChI is InChI=1S/C16H24N2O2/c1-3-7-17-16(12-19-10-8-18(16)2)14-4-5-15-13(11-14)6-9-20-15/h4-5,11,17H,3,6-10,12H2,1-2H3. The van der Waals surface area contributed by atoms with Crippen LogP contribution in [0, 0.1) is 0 Å². The molecule has 20 heavy (non-hydrogen) atoms. The molecule has 4 nitrogen and oxygen atoms in total. The lowest BCUT2D eigenvalue weighted by atomic mass is 9.94. The van der Waals surface area contributed by atoms with Crippen LogP contribution in [0.2, 0.25) is 0 Å². The second kappa shape index (κ2) is 5.72. The van der Waals surface area contributed by atoms with Gasteiger partial charge >= 0.3 is 0 Å². The molecule has 2 heterocycles. The fourth-order valence-corrected chi connectivity index (χ4v) is 3.09. The van der Waals surface area contributed by atoms with Gasteiger partial charge in [-0.15, -0.1) is 0 Å². The van der Waals surface area contributed by atoms with Crippen LogP contribution in [0.5, 0.6) is 5.75 Å². The van der Waals surface area contributed by atoms with Crippen LogP contribution >= 0.6 is 0 Å². The van der Waals surface area contributed by atoms with Crippen molar-refractivity contribution in [3.63, 3.8) is 0 Å². The molecule has 1 atom stereocenters. The zero-order valence-electron chi connectivity index (χ0n) is 12.4. The van der Waals surface area contributed by atoms with Crippen LogP contribution in [0.25, 0.3) is 0 Å². The number of likely N-dealkylation sites (N-methyl/N-ethyl adjacent to an activating group) is 1. The van der Waals surface area contributed by atoms with E-state index in [1.54, 1.807) is 0 Å². The number of morpholine rings is 1. The summed E-state index contributed by atoms with van der Waals surface area (Å²) < 4.78 is 11.4. The number of benzene rings is 1. The van der Waals surface area contributed by atoms with E-state index in [-0.39, 0.29) is 5.66 Å². The molecule has 1 unspecified atom stereocenters. The fraction of sp³-hybridized carbons (Fsp3) is 0.625. The minimum absolute atomic E-state index is 0.202. The predicted molar refractivity (Wildman–Crippen MR) is 79.1 cm³/mol. The molecule has 1 saturated heterocycles. The number of nitrogens with one attached hydrogen (secondary N) is 1. The maximum atomic E-state index is 5.79. The Bertz CT molecular complexity index is 478. The molecule has 110 valence electrons. The van der Waals surface area contributed by atoms with Gasteiger partial charge in [0.1, 0.15) is 11.4 Å². The van der Waals surface area contributed by atoms with Crippen molar-refractivity contribution in [1.82, 2.24) is 10.2 Å². The maximum absolute atomic E-state index is 5.79. The number of nitrogens with zero attached hydrogens (tertiary/aromatic N) is 1. The summed E-state index contributed by atoms with van der Waals surface area (Å²) in [5.74, 6) is 1.04. The first-order chi connectivity index (χ1) is 9.76. The largest absolute Gasteiger partial charge is 0.493 e. The SMILES string of the molecule is CCCNC1(c2ccc3c(c2)CCO3)COCCN1C. The van der Waals surface area contributed by atoms with Crippen LogP contribution in [0.3, 0.4) is 0 Å². The molecule has 0 amide bonds. The Labute approximate surface area is 121 Å². The van der Waals surface area contributed by atoms with Crippen LogP contribution < -0.4 is 10.1 Å². The first-order valence-electron chi connectivity index (χ1n) is 7.56. The maximum Gasteiger partial charge on any atom is 0.122 e. The van der Waals surface area contributed by atoms with Gasteiger partial charge < -0.3 is 9.47 Å². The third kappa shape index (κ3) is 2.32. The Kier molecular flexibility index (Phi) is 3.96. The fourth-order valence-electron chi connectivity index (χ4n) is 3.09. The van der Waals surface area contributed by atoms with E-state index in [9.17, 15) is 0 Å². The molecule has 1 aromatic carbocycles. The molecule has 1 fully saturated rings. The number of hydrogen-bond acceptors (Lipinski definition) is 4. The Morgan fingerprint density at radius 2 is 2.25 bits per heavy atom. The highest BCUT2D eigenvalue weighted by atomic mass is 16.5. The molecule has 1 aromatic rings. The van der Waals surface area contributed by atoms with Crippen molar-refractivity contribution in [2.24, 2.45) is 0 Å². The molecule has 0 aliphatic carbocycles. The van der Waals surface area contributed by atoms with Gasteiger partial charge in [0.05, 0.1) is 19.8 Å². The second-order valence-corrected chi connectivity index (χ2v) is 5.68. The molecule has 4 heteroatoms. The van der Waals surface area contributed by atoms with Crippen molar-refractivity contribution in [3.8, 4) is 5.75 Å². The highest BCUT2D eigenvalue weighted by Gasteiger charge is 2.39. The molecule has 0 aromatic heterocycles. The molecule has 1 N–H and O–H groups in total. The smallest absolute Gasteiger partial charge is 0.122 e. The van der Waals surface area contributed by atoms with Crippen molar-refractivity contribution >= 4 is 0 Å². The average molecular weight is 276 g/mol. The Balaban J connectivity index is 1.95. The lowest BCUT2D eigenvalue weighted by Gasteiger charge is -2.46. The summed E-state index contributed by atoms with van der Waals surface area (Å²) in [6.07, 6.45) is 2.13. The predicted octanol–water partition coefficient (Wildman–Crippen LogP) is 1.74. The van der Waals surface area contributed by atoms with E-state index < -0.39 is 0 Å². The number of ether oxygens (including phenoxy) is 2. The first-order valence-corrected chi connectivity index (χ1v) is 7.56. The van der Waals surface area contributed by atoms with E-state index in [0.717, 1.165) is 44.9 Å². The Morgan fingerprint density at radius 1 is 1.35 bits per heavy atom. The van der Waals surface area contributed by atoms with Gasteiger partial charge in [-0.3, -0.25) is 10.2 Å². The average Bonchev–Trinajstić information content (AvgIpc) is 2.94. The molecule has 2 aliphatic rings. The summed E-state index contributed by atoms with van der Waals surface area (Å²) in [6, 6.07) is 6.57. The van der Waals surface area contributed by atoms with Gasteiger partial charge in [-0.05, 0) is 43.3 Å². The van der Waals surface area contributed by atoms with Gasteiger partial charge in [0.2, 0.25) is 0 Å². The molecule has 3 rings (SSSR count). The Morgan fingerprint density at radius 3 is 3.05 bits per heavy atom. The van der Waals surface area contributed by atoms with Gasteiger partial charge in [-0.25, -0.2) is 0 Å². The highest BCUT2D eigenvalue weighted by Crippen LogP contribution is 2.33. The summed E-state index contributed by atoms with van der Waals surface area (Å²) in [4.78, 5) is 2.38. The minimum Gasteiger partial charge on any atom is -0.493 e. The third-order valence-corrected chi connectivity index (χ3v) is 4.37. The minimum atomic E-state index is -0.202. The summed E-state index contributed by atoms with van der Waals surface area (Å²) in [5.41, 5.74) is 2.41. The van der Waals surface area contributed by atoms with E-state index >= 15 is 0 Å². The zero-order valence-corrected chi connectivity index (χ0v) is 12.4. The number of fused-ring (bicyclic) bond motifs is 1. The molecule has 0 saturated carbocycles. The van der Waals surface area contributed by atoms with E-state index in [2.05, 4.69) is 42.4 Å². The zero-order chi connectivity index (χ0) is 14.0. The Hall–Kier alpha value is -1.10. The van der Waals surface area contributed by atoms with Crippen molar-refractivity contribution in [2.45, 2.75) is 25.4 Å². The van der Waals surface area contributed by atoms with Crippen LogP contribution in [0.15, 0.2) is 18.2 Å². The van der Waals surface area contributed by atoms with E-state index in [1.807, 2.05) is 0 Å². The summed E-state index contributed by atoms with van der Waals surface area (Å²) >= 11 is 0. The third-order valence-electron chi connectivity index (χ3n) is 4.37. The second-order valence-electron chi connectivity index (χ2n) is 5.68. The summed E-state index contributed by atoms with van der Waals surface area (Å²) in [5, 5.41) is 3.70. The lowest BCUT2D eigenvalue weighted by Crippen LogP contribution is -2.61. The van der Waals surface area contributed by atoms with Gasteiger partial charge in [0.15, 0.2) is 0 Å². The van der Waals surface area contributed by atoms with Crippen LogP contribution in [-0.2, 0) is 16.8 Å². The van der Waals surface area contributed by atoms with Crippen molar-refractivity contribution in [2.75, 3.05) is 40.0 Å². The van der Waals surface area contributed by atoms with Gasteiger partial charge in [0, 0.05) is 13.0 Å². The van der Waals surface area contributed by atoms with Gasteiger partial charge in [-0.1, -0.05) is 13.0 Å². The number of rotatable bonds is 4. The molecule has 2 aliphatic heterocycles. The molecule has 0 bridgehead atoms. The van der Waals surface area contributed by atoms with Crippen molar-refractivity contribution < 1.29 is 9.47 Å². The van der Waals surface area contributed by atoms with Crippen LogP contribution in [0.4, 0.5) is 0 Å². The summed E-state index contributed by atoms with van der Waals surface area (Å²) in [7, 11) is 2.18. The molecule has 0 radical (unpaired) electrons. The molecular formula is C16H24N2O2. The lowest BCUT2D eigenvalue weighted by molar-refractivity contribution is -0.0780. The van der Waals surface area contributed by atoms with Gasteiger partial charge in [-0.2, -0.15) is 0 Å². The quantitative estimate of drug-likeness (QED) is 0.908. The normalized spacial score (nSPS) is 26.3. The summed E-state index contributed by atoms with van der Waals surface area (Å²) in [6.45, 7) is 6.44.